The zero-order chi connectivity index (χ0) is 18.6. The van der Waals surface area contributed by atoms with Gasteiger partial charge in [0.25, 0.3) is 0 Å². The van der Waals surface area contributed by atoms with E-state index in [1.54, 1.807) is 0 Å². The molecular weight excluding hydrogens is 336 g/mol. The molecule has 1 saturated heterocycles. The van der Waals surface area contributed by atoms with E-state index in [2.05, 4.69) is 63.8 Å². The van der Waals surface area contributed by atoms with Crippen LogP contribution in [0.3, 0.4) is 0 Å². The summed E-state index contributed by atoms with van der Waals surface area (Å²) in [5.41, 5.74) is 3.24. The SMILES string of the molecule is Cc1cc([C@@H](C)c2nnc(NCC3CCOCC3)c3ccccc23)ccn1. The van der Waals surface area contributed by atoms with Gasteiger partial charge < -0.3 is 10.1 Å². The Bertz CT molecular complexity index is 921. The van der Waals surface area contributed by atoms with Crippen LogP contribution < -0.4 is 5.32 Å². The van der Waals surface area contributed by atoms with E-state index >= 15 is 0 Å². The number of hydrogen-bond donors (Lipinski definition) is 1. The van der Waals surface area contributed by atoms with Crippen LogP contribution in [0.1, 0.15) is 42.6 Å². The number of fused-ring (bicyclic) bond motifs is 1. The van der Waals surface area contributed by atoms with Gasteiger partial charge >= 0.3 is 0 Å². The highest BCUT2D eigenvalue weighted by molar-refractivity contribution is 5.93. The van der Waals surface area contributed by atoms with Gasteiger partial charge in [-0.2, -0.15) is 5.10 Å². The Labute approximate surface area is 160 Å². The van der Waals surface area contributed by atoms with Crippen molar-refractivity contribution in [2.75, 3.05) is 25.1 Å². The Balaban J connectivity index is 1.63. The molecule has 5 nitrogen and oxygen atoms in total. The van der Waals surface area contributed by atoms with Crippen LogP contribution in [-0.4, -0.2) is 34.9 Å². The fraction of sp³-hybridized carbons (Fsp3) is 0.409. The molecule has 2 aromatic heterocycles. The molecule has 1 aliphatic rings. The zero-order valence-corrected chi connectivity index (χ0v) is 16.0. The molecule has 1 aromatic carbocycles. The maximum absolute atomic E-state index is 5.45. The highest BCUT2D eigenvalue weighted by atomic mass is 16.5. The van der Waals surface area contributed by atoms with Crippen LogP contribution in [0, 0.1) is 12.8 Å². The van der Waals surface area contributed by atoms with Crippen LogP contribution in [0.2, 0.25) is 0 Å². The van der Waals surface area contributed by atoms with Gasteiger partial charge in [0.2, 0.25) is 0 Å². The van der Waals surface area contributed by atoms with Gasteiger partial charge in [0.1, 0.15) is 0 Å². The zero-order valence-electron chi connectivity index (χ0n) is 16.0. The summed E-state index contributed by atoms with van der Waals surface area (Å²) in [6.07, 6.45) is 4.07. The molecule has 3 aromatic rings. The number of hydrogen-bond acceptors (Lipinski definition) is 5. The second-order valence-corrected chi connectivity index (χ2v) is 7.37. The van der Waals surface area contributed by atoms with Gasteiger partial charge in [-0.3, -0.25) is 4.98 Å². The number of nitrogens with zero attached hydrogens (tertiary/aromatic N) is 3. The standard InChI is InChI=1S/C22H26N4O/c1-15-13-18(7-10-23-15)16(2)21-19-5-3-4-6-20(19)22(26-25-21)24-14-17-8-11-27-12-9-17/h3-7,10,13,16-17H,8-9,11-12,14H2,1-2H3,(H,24,26)/t16-/m1/s1. The van der Waals surface area contributed by atoms with E-state index in [0.29, 0.717) is 5.92 Å². The van der Waals surface area contributed by atoms with Crippen LogP contribution in [0.5, 0.6) is 0 Å². The van der Waals surface area contributed by atoms with E-state index in [1.165, 1.54) is 5.56 Å². The van der Waals surface area contributed by atoms with Gasteiger partial charge in [-0.1, -0.05) is 31.2 Å². The minimum atomic E-state index is 0.161. The van der Waals surface area contributed by atoms with Crippen LogP contribution in [0.15, 0.2) is 42.6 Å². The van der Waals surface area contributed by atoms with Crippen molar-refractivity contribution in [1.82, 2.24) is 15.2 Å². The molecule has 0 radical (unpaired) electrons. The molecular formula is C22H26N4O. The molecule has 1 atom stereocenters. The van der Waals surface area contributed by atoms with Crippen LogP contribution in [0.25, 0.3) is 10.8 Å². The summed E-state index contributed by atoms with van der Waals surface area (Å²) >= 11 is 0. The summed E-state index contributed by atoms with van der Waals surface area (Å²) in [4.78, 5) is 4.31. The third-order valence-corrected chi connectivity index (χ3v) is 5.45. The van der Waals surface area contributed by atoms with Crippen LogP contribution in [0.4, 0.5) is 5.82 Å². The van der Waals surface area contributed by atoms with Gasteiger partial charge in [0.05, 0.1) is 5.69 Å². The first-order valence-electron chi connectivity index (χ1n) is 9.72. The summed E-state index contributed by atoms with van der Waals surface area (Å²) in [5.74, 6) is 1.67. The second kappa shape index (κ2) is 8.01. The average Bonchev–Trinajstić information content (AvgIpc) is 2.72. The first-order valence-corrected chi connectivity index (χ1v) is 9.72. The summed E-state index contributed by atoms with van der Waals surface area (Å²) in [6.45, 7) is 6.84. The molecule has 5 heteroatoms. The van der Waals surface area contributed by atoms with Crippen molar-refractivity contribution in [2.45, 2.75) is 32.6 Å². The molecule has 3 heterocycles. The summed E-state index contributed by atoms with van der Waals surface area (Å²) in [7, 11) is 0. The van der Waals surface area contributed by atoms with Gasteiger partial charge in [-0.25, -0.2) is 0 Å². The number of nitrogens with one attached hydrogen (secondary N) is 1. The fourth-order valence-corrected chi connectivity index (χ4v) is 3.76. The number of rotatable bonds is 5. The lowest BCUT2D eigenvalue weighted by Gasteiger charge is -2.23. The molecule has 1 aliphatic heterocycles. The van der Waals surface area contributed by atoms with Crippen molar-refractivity contribution < 1.29 is 4.74 Å². The van der Waals surface area contributed by atoms with E-state index in [1.807, 2.05) is 13.1 Å². The first-order chi connectivity index (χ1) is 13.2. The van der Waals surface area contributed by atoms with Crippen molar-refractivity contribution in [3.63, 3.8) is 0 Å². The van der Waals surface area contributed by atoms with E-state index in [0.717, 1.165) is 60.6 Å². The second-order valence-electron chi connectivity index (χ2n) is 7.37. The molecule has 0 unspecified atom stereocenters. The predicted molar refractivity (Wildman–Crippen MR) is 108 cm³/mol. The first kappa shape index (κ1) is 17.9. The summed E-state index contributed by atoms with van der Waals surface area (Å²) in [5, 5.41) is 15.0. The maximum Gasteiger partial charge on any atom is 0.156 e. The van der Waals surface area contributed by atoms with Crippen molar-refractivity contribution in [2.24, 2.45) is 5.92 Å². The van der Waals surface area contributed by atoms with E-state index < -0.39 is 0 Å². The monoisotopic (exact) mass is 362 g/mol. The molecule has 140 valence electrons. The Morgan fingerprint density at radius 3 is 2.67 bits per heavy atom. The van der Waals surface area contributed by atoms with Gasteiger partial charge in [0.15, 0.2) is 5.82 Å². The Hall–Kier alpha value is -2.53. The van der Waals surface area contributed by atoms with Crippen molar-refractivity contribution in [3.8, 4) is 0 Å². The molecule has 0 aliphatic carbocycles. The number of ether oxygens (including phenoxy) is 1. The highest BCUT2D eigenvalue weighted by Gasteiger charge is 2.18. The normalized spacial score (nSPS) is 16.4. The smallest absolute Gasteiger partial charge is 0.156 e. The summed E-state index contributed by atoms with van der Waals surface area (Å²) in [6, 6.07) is 12.6. The van der Waals surface area contributed by atoms with Crippen LogP contribution >= 0.6 is 0 Å². The van der Waals surface area contributed by atoms with Gasteiger partial charge in [0, 0.05) is 48.3 Å². The number of aryl methyl sites for hydroxylation is 1. The molecule has 0 bridgehead atoms. The third kappa shape index (κ3) is 3.93. The number of pyridine rings is 1. The lowest BCUT2D eigenvalue weighted by Crippen LogP contribution is -2.23. The molecule has 1 N–H and O–H groups in total. The third-order valence-electron chi connectivity index (χ3n) is 5.45. The number of anilines is 1. The topological polar surface area (TPSA) is 59.9 Å². The maximum atomic E-state index is 5.45. The average molecular weight is 362 g/mol. The van der Waals surface area contributed by atoms with Crippen molar-refractivity contribution in [1.29, 1.82) is 0 Å². The van der Waals surface area contributed by atoms with Crippen molar-refractivity contribution in [3.05, 3.63) is 59.5 Å². The molecule has 0 saturated carbocycles. The number of benzene rings is 1. The van der Waals surface area contributed by atoms with E-state index in [4.69, 9.17) is 4.74 Å². The largest absolute Gasteiger partial charge is 0.381 e. The molecule has 0 amide bonds. The minimum absolute atomic E-state index is 0.161. The van der Waals surface area contributed by atoms with Gasteiger partial charge in [-0.05, 0) is 43.4 Å². The fourth-order valence-electron chi connectivity index (χ4n) is 3.76. The Kier molecular flexibility index (Phi) is 5.30. The minimum Gasteiger partial charge on any atom is -0.381 e. The van der Waals surface area contributed by atoms with E-state index in [-0.39, 0.29) is 5.92 Å². The predicted octanol–water partition coefficient (Wildman–Crippen LogP) is 4.32. The Morgan fingerprint density at radius 2 is 1.89 bits per heavy atom. The highest BCUT2D eigenvalue weighted by Crippen LogP contribution is 2.31. The van der Waals surface area contributed by atoms with Gasteiger partial charge in [-0.15, -0.1) is 5.10 Å². The lowest BCUT2D eigenvalue weighted by atomic mass is 9.94. The van der Waals surface area contributed by atoms with Crippen molar-refractivity contribution >= 4 is 16.6 Å². The number of aromatic nitrogens is 3. The Morgan fingerprint density at radius 1 is 1.11 bits per heavy atom. The molecule has 0 spiro atoms. The molecule has 1 fully saturated rings. The lowest BCUT2D eigenvalue weighted by molar-refractivity contribution is 0.0699. The summed E-state index contributed by atoms with van der Waals surface area (Å²) < 4.78 is 5.45. The molecule has 27 heavy (non-hydrogen) atoms. The van der Waals surface area contributed by atoms with Crippen LogP contribution in [-0.2, 0) is 4.74 Å². The van der Waals surface area contributed by atoms with E-state index in [9.17, 15) is 0 Å². The quantitative estimate of drug-likeness (QED) is 0.732. The molecule has 4 rings (SSSR count).